The number of carbonyl (C=O) groups is 2. The average molecular weight is 334 g/mol. The fourth-order valence-electron chi connectivity index (χ4n) is 2.94. The predicted octanol–water partition coefficient (Wildman–Crippen LogP) is 0.830. The van der Waals surface area contributed by atoms with Gasteiger partial charge in [-0.05, 0) is 25.8 Å². The van der Waals surface area contributed by atoms with E-state index in [0.29, 0.717) is 43.7 Å². The molecule has 8 nitrogen and oxygen atoms in total. The molecule has 1 unspecified atom stereocenters. The zero-order chi connectivity index (χ0) is 17.7. The van der Waals surface area contributed by atoms with Gasteiger partial charge in [0, 0.05) is 43.4 Å². The van der Waals surface area contributed by atoms with Crippen LogP contribution in [-0.4, -0.2) is 47.8 Å². The molecule has 0 aliphatic carbocycles. The van der Waals surface area contributed by atoms with Crippen LogP contribution in [0.2, 0.25) is 0 Å². The van der Waals surface area contributed by atoms with E-state index >= 15 is 0 Å². The Kier molecular flexibility index (Phi) is 5.86. The average Bonchev–Trinajstić information content (AvgIpc) is 2.59. The predicted molar refractivity (Wildman–Crippen MR) is 88.5 cm³/mol. The van der Waals surface area contributed by atoms with Gasteiger partial charge in [0.25, 0.3) is 11.6 Å². The van der Waals surface area contributed by atoms with Crippen LogP contribution in [0.25, 0.3) is 0 Å². The number of hydrogen-bond donors (Lipinski definition) is 2. The van der Waals surface area contributed by atoms with Crippen molar-refractivity contribution >= 4 is 17.5 Å². The summed E-state index contributed by atoms with van der Waals surface area (Å²) in [7, 11) is 0. The van der Waals surface area contributed by atoms with E-state index in [0.717, 1.165) is 6.42 Å². The van der Waals surface area contributed by atoms with Gasteiger partial charge >= 0.3 is 0 Å². The van der Waals surface area contributed by atoms with E-state index in [2.05, 4.69) is 5.32 Å². The molecule has 8 heteroatoms. The normalized spacial score (nSPS) is 17.4. The minimum absolute atomic E-state index is 0.0740. The fourth-order valence-corrected chi connectivity index (χ4v) is 2.94. The summed E-state index contributed by atoms with van der Waals surface area (Å²) in [4.78, 5) is 36.9. The first-order valence-corrected chi connectivity index (χ1v) is 7.96. The third-order valence-electron chi connectivity index (χ3n) is 4.26. The lowest BCUT2D eigenvalue weighted by atomic mass is 9.95. The van der Waals surface area contributed by atoms with Crippen molar-refractivity contribution in [3.05, 3.63) is 39.4 Å². The number of benzene rings is 1. The van der Waals surface area contributed by atoms with E-state index in [9.17, 15) is 19.7 Å². The second-order valence-electron chi connectivity index (χ2n) is 5.88. The van der Waals surface area contributed by atoms with Crippen LogP contribution >= 0.6 is 0 Å². The van der Waals surface area contributed by atoms with E-state index in [1.165, 1.54) is 12.1 Å². The minimum atomic E-state index is -0.495. The number of carbonyl (C=O) groups excluding carboxylic acids is 2. The van der Waals surface area contributed by atoms with Crippen LogP contribution in [0, 0.1) is 23.0 Å². The van der Waals surface area contributed by atoms with Crippen LogP contribution < -0.4 is 11.1 Å². The molecule has 1 atom stereocenters. The number of nitrogens with one attached hydrogen (secondary N) is 1. The second kappa shape index (κ2) is 7.87. The van der Waals surface area contributed by atoms with Gasteiger partial charge in [0.15, 0.2) is 0 Å². The maximum absolute atomic E-state index is 12.7. The second-order valence-corrected chi connectivity index (χ2v) is 5.88. The molecule has 0 spiro atoms. The van der Waals surface area contributed by atoms with Crippen molar-refractivity contribution in [1.29, 1.82) is 0 Å². The summed E-state index contributed by atoms with van der Waals surface area (Å²) in [6.07, 6.45) is 1.44. The molecule has 0 bridgehead atoms. The van der Waals surface area contributed by atoms with Crippen molar-refractivity contribution in [2.24, 2.45) is 11.7 Å². The van der Waals surface area contributed by atoms with Gasteiger partial charge in [0.1, 0.15) is 0 Å². The Hall–Kier alpha value is -2.48. The zero-order valence-corrected chi connectivity index (χ0v) is 13.7. The zero-order valence-electron chi connectivity index (χ0n) is 13.7. The van der Waals surface area contributed by atoms with Gasteiger partial charge in [-0.2, -0.15) is 0 Å². The molecule has 0 aromatic heterocycles. The summed E-state index contributed by atoms with van der Waals surface area (Å²) < 4.78 is 0. The minimum Gasteiger partial charge on any atom is -0.355 e. The SMILES string of the molecule is Cc1c(C(=O)N2CCCC(C(=O)NCCN)C2)cccc1[N+](=O)[O-]. The number of nitro groups is 1. The molecule has 1 saturated heterocycles. The lowest BCUT2D eigenvalue weighted by Gasteiger charge is -2.32. The van der Waals surface area contributed by atoms with Gasteiger partial charge in [0.05, 0.1) is 10.8 Å². The third kappa shape index (κ3) is 3.88. The monoisotopic (exact) mass is 334 g/mol. The van der Waals surface area contributed by atoms with E-state index in [4.69, 9.17) is 5.73 Å². The number of nitrogens with two attached hydrogens (primary N) is 1. The van der Waals surface area contributed by atoms with Gasteiger partial charge < -0.3 is 16.0 Å². The van der Waals surface area contributed by atoms with Crippen molar-refractivity contribution in [2.75, 3.05) is 26.2 Å². The lowest BCUT2D eigenvalue weighted by Crippen LogP contribution is -2.46. The molecule has 1 aromatic carbocycles. The third-order valence-corrected chi connectivity index (χ3v) is 4.26. The van der Waals surface area contributed by atoms with Crippen molar-refractivity contribution in [2.45, 2.75) is 19.8 Å². The van der Waals surface area contributed by atoms with Crippen LogP contribution in [0.1, 0.15) is 28.8 Å². The molecule has 24 heavy (non-hydrogen) atoms. The molecule has 1 fully saturated rings. The lowest BCUT2D eigenvalue weighted by molar-refractivity contribution is -0.385. The highest BCUT2D eigenvalue weighted by atomic mass is 16.6. The summed E-state index contributed by atoms with van der Waals surface area (Å²) in [6.45, 7) is 3.21. The number of hydrogen-bond acceptors (Lipinski definition) is 5. The molecule has 0 saturated carbocycles. The molecule has 130 valence electrons. The molecule has 2 amide bonds. The highest BCUT2D eigenvalue weighted by molar-refractivity contribution is 5.97. The molecule has 3 N–H and O–H groups in total. The Labute approximate surface area is 140 Å². The molecule has 0 radical (unpaired) electrons. The van der Waals surface area contributed by atoms with Crippen molar-refractivity contribution in [1.82, 2.24) is 10.2 Å². The number of nitrogens with zero attached hydrogens (tertiary/aromatic N) is 2. The van der Waals surface area contributed by atoms with Crippen LogP contribution in [0.5, 0.6) is 0 Å². The summed E-state index contributed by atoms with van der Waals surface area (Å²) in [5.41, 5.74) is 5.97. The van der Waals surface area contributed by atoms with E-state index in [1.807, 2.05) is 0 Å². The van der Waals surface area contributed by atoms with Crippen LogP contribution in [-0.2, 0) is 4.79 Å². The van der Waals surface area contributed by atoms with E-state index < -0.39 is 4.92 Å². The molecule has 2 rings (SSSR count). The topological polar surface area (TPSA) is 119 Å². The standard InChI is InChI=1S/C16H22N4O4/c1-11-13(5-2-6-14(11)20(23)24)16(22)19-9-3-4-12(10-19)15(21)18-8-7-17/h2,5-6,12H,3-4,7-10,17H2,1H3,(H,18,21). The van der Waals surface area contributed by atoms with Crippen molar-refractivity contribution in [3.63, 3.8) is 0 Å². The molecule has 1 aliphatic rings. The summed E-state index contributed by atoms with van der Waals surface area (Å²) in [6, 6.07) is 4.47. The van der Waals surface area contributed by atoms with Gasteiger partial charge in [0.2, 0.25) is 5.91 Å². The smallest absolute Gasteiger partial charge is 0.273 e. The first-order chi connectivity index (χ1) is 11.5. The Morgan fingerprint density at radius 2 is 2.21 bits per heavy atom. The first kappa shape index (κ1) is 17.9. The molecule has 1 aromatic rings. The number of amides is 2. The molecule has 1 aliphatic heterocycles. The molecule has 1 heterocycles. The molecular weight excluding hydrogens is 312 g/mol. The number of nitro benzene ring substituents is 1. The Bertz CT molecular complexity index is 647. The number of likely N-dealkylation sites (tertiary alicyclic amines) is 1. The van der Waals surface area contributed by atoms with Crippen molar-refractivity contribution in [3.8, 4) is 0 Å². The van der Waals surface area contributed by atoms with Gasteiger partial charge in [-0.1, -0.05) is 6.07 Å². The Morgan fingerprint density at radius 1 is 1.46 bits per heavy atom. The number of rotatable bonds is 5. The summed E-state index contributed by atoms with van der Waals surface area (Å²) in [5.74, 6) is -0.644. The van der Waals surface area contributed by atoms with Crippen LogP contribution in [0.15, 0.2) is 18.2 Å². The van der Waals surface area contributed by atoms with Crippen LogP contribution in [0.3, 0.4) is 0 Å². The first-order valence-electron chi connectivity index (χ1n) is 7.96. The fraction of sp³-hybridized carbons (Fsp3) is 0.500. The Morgan fingerprint density at radius 3 is 2.88 bits per heavy atom. The van der Waals surface area contributed by atoms with Crippen LogP contribution in [0.4, 0.5) is 5.69 Å². The maximum Gasteiger partial charge on any atom is 0.273 e. The molecular formula is C16H22N4O4. The van der Waals surface area contributed by atoms with E-state index in [-0.39, 0.29) is 23.4 Å². The Balaban J connectivity index is 2.14. The van der Waals surface area contributed by atoms with E-state index in [1.54, 1.807) is 17.9 Å². The highest BCUT2D eigenvalue weighted by Crippen LogP contribution is 2.24. The van der Waals surface area contributed by atoms with Gasteiger partial charge in [-0.3, -0.25) is 19.7 Å². The largest absolute Gasteiger partial charge is 0.355 e. The highest BCUT2D eigenvalue weighted by Gasteiger charge is 2.30. The van der Waals surface area contributed by atoms with Gasteiger partial charge in [-0.15, -0.1) is 0 Å². The quantitative estimate of drug-likeness (QED) is 0.611. The summed E-state index contributed by atoms with van der Waals surface area (Å²) >= 11 is 0. The maximum atomic E-state index is 12.7. The van der Waals surface area contributed by atoms with Gasteiger partial charge in [-0.25, -0.2) is 0 Å². The number of piperidine rings is 1. The summed E-state index contributed by atoms with van der Waals surface area (Å²) in [5, 5.41) is 13.8. The van der Waals surface area contributed by atoms with Crippen molar-refractivity contribution < 1.29 is 14.5 Å².